The monoisotopic (exact) mass is 382 g/mol. The van der Waals surface area contributed by atoms with E-state index in [1.807, 2.05) is 6.92 Å². The summed E-state index contributed by atoms with van der Waals surface area (Å²) in [7, 11) is 0. The Balaban J connectivity index is 1.39. The van der Waals surface area contributed by atoms with Crippen LogP contribution in [0.2, 0.25) is 0 Å². The lowest BCUT2D eigenvalue weighted by Gasteiger charge is -2.57. The van der Waals surface area contributed by atoms with E-state index in [0.717, 1.165) is 30.6 Å². The Kier molecular flexibility index (Phi) is 4.56. The van der Waals surface area contributed by atoms with Crippen LogP contribution in [0.5, 0.6) is 0 Å². The van der Waals surface area contributed by atoms with Crippen LogP contribution in [0.4, 0.5) is 0 Å². The second-order valence-corrected chi connectivity index (χ2v) is 11.1. The second-order valence-electron chi connectivity index (χ2n) is 11.1. The van der Waals surface area contributed by atoms with Gasteiger partial charge in [-0.1, -0.05) is 19.9 Å². The molecule has 0 radical (unpaired) electrons. The van der Waals surface area contributed by atoms with Gasteiger partial charge in [0.15, 0.2) is 0 Å². The normalized spacial score (nSPS) is 45.5. The van der Waals surface area contributed by atoms with E-state index in [4.69, 9.17) is 4.74 Å². The van der Waals surface area contributed by atoms with Crippen molar-refractivity contribution in [3.63, 3.8) is 0 Å². The SMILES string of the molecule is CC(=O)C1CCC2C3CC=C4C=C(OC5CCCC5)CCC4(C)C3CCC12C. The highest BCUT2D eigenvalue weighted by atomic mass is 16.5. The molecule has 0 spiro atoms. The first-order valence-corrected chi connectivity index (χ1v) is 12.0. The highest BCUT2D eigenvalue weighted by molar-refractivity contribution is 5.79. The lowest BCUT2D eigenvalue weighted by molar-refractivity contribution is -0.127. The van der Waals surface area contributed by atoms with E-state index < -0.39 is 0 Å². The number of carbonyl (C=O) groups excluding carboxylic acids is 1. The minimum atomic E-state index is 0.260. The molecule has 2 heteroatoms. The molecule has 0 amide bonds. The average Bonchev–Trinajstić information content (AvgIpc) is 3.28. The lowest BCUT2D eigenvalue weighted by Crippen LogP contribution is -2.49. The van der Waals surface area contributed by atoms with Gasteiger partial charge >= 0.3 is 0 Å². The predicted octanol–water partition coefficient (Wildman–Crippen LogP) is 6.61. The molecule has 0 aliphatic heterocycles. The molecular weight excluding hydrogens is 344 g/mol. The van der Waals surface area contributed by atoms with Crippen molar-refractivity contribution < 1.29 is 9.53 Å². The van der Waals surface area contributed by atoms with E-state index in [0.29, 0.717) is 23.2 Å². The van der Waals surface area contributed by atoms with Gasteiger partial charge in [-0.15, -0.1) is 0 Å². The standard InChI is InChI=1S/C26H38O2/c1-17(27)22-10-11-23-21-9-8-18-16-20(28-19-6-4-5-7-19)12-14-25(18,2)24(21)13-15-26(22,23)3/h8,16,19,21-24H,4-7,9-15H2,1-3H3. The molecule has 0 bridgehead atoms. The third-order valence-electron chi connectivity index (χ3n) is 9.84. The number of carbonyl (C=O) groups is 1. The predicted molar refractivity (Wildman–Crippen MR) is 113 cm³/mol. The topological polar surface area (TPSA) is 26.3 Å². The Hall–Kier alpha value is -1.05. The summed E-state index contributed by atoms with van der Waals surface area (Å²) in [6.07, 6.45) is 19.2. The Bertz CT molecular complexity index is 712. The summed E-state index contributed by atoms with van der Waals surface area (Å²) in [5.41, 5.74) is 2.15. The molecule has 0 N–H and O–H groups in total. The molecule has 0 saturated heterocycles. The Morgan fingerprint density at radius 3 is 2.57 bits per heavy atom. The van der Waals surface area contributed by atoms with Crippen molar-refractivity contribution in [3.05, 3.63) is 23.5 Å². The van der Waals surface area contributed by atoms with Crippen LogP contribution < -0.4 is 0 Å². The number of ketones is 1. The summed E-state index contributed by atoms with van der Waals surface area (Å²) in [5.74, 6) is 4.33. The molecule has 3 fully saturated rings. The van der Waals surface area contributed by atoms with Crippen molar-refractivity contribution in [2.24, 2.45) is 34.5 Å². The van der Waals surface area contributed by atoms with Gasteiger partial charge < -0.3 is 4.74 Å². The molecule has 28 heavy (non-hydrogen) atoms. The molecule has 5 aliphatic carbocycles. The second kappa shape index (κ2) is 6.74. The van der Waals surface area contributed by atoms with Crippen LogP contribution in [0.1, 0.15) is 91.4 Å². The molecule has 0 aromatic rings. The molecule has 0 aromatic carbocycles. The van der Waals surface area contributed by atoms with E-state index >= 15 is 0 Å². The average molecular weight is 383 g/mol. The van der Waals surface area contributed by atoms with Crippen LogP contribution >= 0.6 is 0 Å². The molecule has 6 unspecified atom stereocenters. The number of ether oxygens (including phenoxy) is 1. The first kappa shape index (κ1) is 18.9. The maximum absolute atomic E-state index is 12.3. The molecule has 5 rings (SSSR count). The molecule has 5 aliphatic rings. The van der Waals surface area contributed by atoms with E-state index in [1.165, 1.54) is 63.5 Å². The van der Waals surface area contributed by atoms with E-state index in [2.05, 4.69) is 26.0 Å². The third kappa shape index (κ3) is 2.76. The van der Waals surface area contributed by atoms with Crippen molar-refractivity contribution in [1.29, 1.82) is 0 Å². The molecule has 6 atom stereocenters. The minimum absolute atomic E-state index is 0.260. The van der Waals surface area contributed by atoms with Crippen molar-refractivity contribution in [2.45, 2.75) is 97.5 Å². The zero-order valence-electron chi connectivity index (χ0n) is 18.1. The van der Waals surface area contributed by atoms with Crippen LogP contribution in [0.3, 0.4) is 0 Å². The summed E-state index contributed by atoms with van der Waals surface area (Å²) >= 11 is 0. The molecule has 2 nitrogen and oxygen atoms in total. The summed E-state index contributed by atoms with van der Waals surface area (Å²) in [5, 5.41) is 0. The molecule has 154 valence electrons. The minimum Gasteiger partial charge on any atom is -0.495 e. The first-order chi connectivity index (χ1) is 13.4. The maximum Gasteiger partial charge on any atom is 0.133 e. The van der Waals surface area contributed by atoms with Crippen molar-refractivity contribution in [1.82, 2.24) is 0 Å². The van der Waals surface area contributed by atoms with Crippen LogP contribution in [-0.4, -0.2) is 11.9 Å². The summed E-state index contributed by atoms with van der Waals surface area (Å²) in [6.45, 7) is 6.82. The number of rotatable bonds is 3. The van der Waals surface area contributed by atoms with Crippen LogP contribution in [0.25, 0.3) is 0 Å². The Labute approximate surface area is 171 Å². The quantitative estimate of drug-likeness (QED) is 0.549. The van der Waals surface area contributed by atoms with E-state index in [1.54, 1.807) is 5.57 Å². The molecule has 0 heterocycles. The third-order valence-corrected chi connectivity index (χ3v) is 9.84. The summed E-state index contributed by atoms with van der Waals surface area (Å²) in [4.78, 5) is 12.3. The highest BCUT2D eigenvalue weighted by Gasteiger charge is 2.59. The fourth-order valence-corrected chi connectivity index (χ4v) is 8.28. The number of Topliss-reactive ketones (excluding diaryl/α,β-unsaturated/α-hetero) is 1. The zero-order chi connectivity index (χ0) is 19.5. The fourth-order valence-electron chi connectivity index (χ4n) is 8.28. The van der Waals surface area contributed by atoms with Gasteiger partial charge in [0.2, 0.25) is 0 Å². The molecule has 3 saturated carbocycles. The number of hydrogen-bond acceptors (Lipinski definition) is 2. The Morgan fingerprint density at radius 1 is 1.04 bits per heavy atom. The zero-order valence-corrected chi connectivity index (χ0v) is 18.1. The van der Waals surface area contributed by atoms with Gasteiger partial charge in [-0.05, 0) is 111 Å². The van der Waals surface area contributed by atoms with Gasteiger partial charge in [0.1, 0.15) is 5.78 Å². The Morgan fingerprint density at radius 2 is 1.82 bits per heavy atom. The summed E-state index contributed by atoms with van der Waals surface area (Å²) < 4.78 is 6.39. The lowest BCUT2D eigenvalue weighted by atomic mass is 9.48. The number of allylic oxidation sites excluding steroid dienone is 4. The smallest absolute Gasteiger partial charge is 0.133 e. The summed E-state index contributed by atoms with van der Waals surface area (Å²) in [6, 6.07) is 0. The van der Waals surface area contributed by atoms with Crippen LogP contribution in [-0.2, 0) is 9.53 Å². The van der Waals surface area contributed by atoms with E-state index in [-0.39, 0.29) is 5.41 Å². The van der Waals surface area contributed by atoms with Crippen molar-refractivity contribution >= 4 is 5.78 Å². The van der Waals surface area contributed by atoms with E-state index in [9.17, 15) is 4.79 Å². The maximum atomic E-state index is 12.3. The number of hydrogen-bond donors (Lipinski definition) is 0. The first-order valence-electron chi connectivity index (χ1n) is 12.0. The highest BCUT2D eigenvalue weighted by Crippen LogP contribution is 2.66. The van der Waals surface area contributed by atoms with Gasteiger partial charge in [0.05, 0.1) is 11.9 Å². The van der Waals surface area contributed by atoms with Gasteiger partial charge in [-0.25, -0.2) is 0 Å². The largest absolute Gasteiger partial charge is 0.495 e. The van der Waals surface area contributed by atoms with Gasteiger partial charge in [-0.3, -0.25) is 4.79 Å². The molecule has 0 aromatic heterocycles. The van der Waals surface area contributed by atoms with Gasteiger partial charge in [-0.2, -0.15) is 0 Å². The van der Waals surface area contributed by atoms with Crippen LogP contribution in [0, 0.1) is 34.5 Å². The fraction of sp³-hybridized carbons (Fsp3) is 0.808. The van der Waals surface area contributed by atoms with Gasteiger partial charge in [0, 0.05) is 12.3 Å². The van der Waals surface area contributed by atoms with Gasteiger partial charge in [0.25, 0.3) is 0 Å². The molecular formula is C26H38O2. The van der Waals surface area contributed by atoms with Crippen molar-refractivity contribution in [3.8, 4) is 0 Å². The van der Waals surface area contributed by atoms with Crippen molar-refractivity contribution in [2.75, 3.05) is 0 Å². The van der Waals surface area contributed by atoms with Crippen LogP contribution in [0.15, 0.2) is 23.5 Å². The number of fused-ring (bicyclic) bond motifs is 5.